The third-order valence-corrected chi connectivity index (χ3v) is 3.95. The van der Waals surface area contributed by atoms with Crippen molar-refractivity contribution in [3.8, 4) is 0 Å². The van der Waals surface area contributed by atoms with Crippen LogP contribution in [0.15, 0.2) is 70.2 Å². The Morgan fingerprint density at radius 2 is 1.85 bits per heavy atom. The fraction of sp³-hybridized carbons (Fsp3) is 0.0500. The number of anilines is 1. The number of nitrogens with one attached hydrogen (secondary N) is 2. The number of aryl methyl sites for hydroxylation is 1. The second-order valence-corrected chi connectivity index (χ2v) is 6.07. The molecule has 0 unspecified atom stereocenters. The van der Waals surface area contributed by atoms with Crippen molar-refractivity contribution < 1.29 is 14.0 Å². The Morgan fingerprint density at radius 3 is 2.59 bits per heavy atom. The first-order valence-corrected chi connectivity index (χ1v) is 8.46. The zero-order chi connectivity index (χ0) is 19.2. The van der Waals surface area contributed by atoms with Crippen LogP contribution in [0.25, 0.3) is 0 Å². The van der Waals surface area contributed by atoms with Crippen molar-refractivity contribution >= 4 is 35.3 Å². The van der Waals surface area contributed by atoms with E-state index in [-0.39, 0.29) is 5.91 Å². The van der Waals surface area contributed by atoms with E-state index in [4.69, 9.17) is 16.0 Å². The van der Waals surface area contributed by atoms with Crippen LogP contribution in [-0.2, 0) is 0 Å². The van der Waals surface area contributed by atoms with E-state index in [2.05, 4.69) is 15.8 Å². The van der Waals surface area contributed by atoms with Gasteiger partial charge < -0.3 is 9.73 Å². The Hall–Kier alpha value is -3.38. The third-order valence-electron chi connectivity index (χ3n) is 3.62. The number of hydrazone groups is 1. The SMILES string of the molecule is Cc1ccc(C=NNC(=O)c2cccc(NC(=O)c3ccccc3Cl)c2)o1. The summed E-state index contributed by atoms with van der Waals surface area (Å²) >= 11 is 6.03. The van der Waals surface area contributed by atoms with Crippen LogP contribution in [0.2, 0.25) is 5.02 Å². The number of hydrogen-bond acceptors (Lipinski definition) is 4. The lowest BCUT2D eigenvalue weighted by atomic mass is 10.1. The van der Waals surface area contributed by atoms with Crippen LogP contribution in [-0.4, -0.2) is 18.0 Å². The summed E-state index contributed by atoms with van der Waals surface area (Å²) in [6, 6.07) is 16.8. The second kappa shape index (κ2) is 8.33. The molecule has 1 heterocycles. The molecule has 0 aliphatic heterocycles. The predicted octanol–water partition coefficient (Wildman–Crippen LogP) is 4.26. The molecule has 0 fully saturated rings. The molecule has 0 atom stereocenters. The van der Waals surface area contributed by atoms with E-state index < -0.39 is 5.91 Å². The van der Waals surface area contributed by atoms with E-state index in [0.29, 0.717) is 27.6 Å². The van der Waals surface area contributed by atoms with Gasteiger partial charge in [-0.15, -0.1) is 0 Å². The molecule has 0 radical (unpaired) electrons. The Labute approximate surface area is 160 Å². The fourth-order valence-corrected chi connectivity index (χ4v) is 2.55. The molecule has 136 valence electrons. The van der Waals surface area contributed by atoms with E-state index in [1.807, 2.05) is 6.92 Å². The lowest BCUT2D eigenvalue weighted by molar-refractivity contribution is 0.0953. The van der Waals surface area contributed by atoms with Gasteiger partial charge in [-0.2, -0.15) is 5.10 Å². The summed E-state index contributed by atoms with van der Waals surface area (Å²) in [5.74, 6) is 0.519. The average Bonchev–Trinajstić information content (AvgIpc) is 3.07. The maximum absolute atomic E-state index is 12.3. The molecule has 6 nitrogen and oxygen atoms in total. The fourth-order valence-electron chi connectivity index (χ4n) is 2.32. The molecule has 0 aliphatic carbocycles. The van der Waals surface area contributed by atoms with Crippen LogP contribution >= 0.6 is 11.6 Å². The number of amides is 2. The summed E-state index contributed by atoms with van der Waals surface area (Å²) in [6.07, 6.45) is 1.41. The minimum Gasteiger partial charge on any atom is -0.460 e. The first-order chi connectivity index (χ1) is 13.0. The second-order valence-electron chi connectivity index (χ2n) is 5.66. The molecule has 0 spiro atoms. The minimum absolute atomic E-state index is 0.347. The first-order valence-electron chi connectivity index (χ1n) is 8.09. The van der Waals surface area contributed by atoms with Gasteiger partial charge in [0.25, 0.3) is 11.8 Å². The molecular formula is C20H16ClN3O3. The van der Waals surface area contributed by atoms with Crippen LogP contribution in [0.3, 0.4) is 0 Å². The molecule has 3 rings (SSSR count). The maximum Gasteiger partial charge on any atom is 0.271 e. The van der Waals surface area contributed by atoms with E-state index >= 15 is 0 Å². The highest BCUT2D eigenvalue weighted by molar-refractivity contribution is 6.34. The molecule has 0 bridgehead atoms. The van der Waals surface area contributed by atoms with E-state index in [0.717, 1.165) is 5.76 Å². The summed E-state index contributed by atoms with van der Waals surface area (Å²) in [5.41, 5.74) is 3.59. The Balaban J connectivity index is 1.66. The molecule has 0 saturated carbocycles. The summed E-state index contributed by atoms with van der Waals surface area (Å²) in [7, 11) is 0. The molecule has 0 saturated heterocycles. The predicted molar refractivity (Wildman–Crippen MR) is 104 cm³/mol. The number of rotatable bonds is 5. The standard InChI is InChI=1S/C20H16ClN3O3/c1-13-9-10-16(27-13)12-22-24-19(25)14-5-4-6-15(11-14)23-20(26)17-7-2-3-8-18(17)21/h2-12H,1H3,(H,23,26)(H,24,25). The van der Waals surface area contributed by atoms with Gasteiger partial charge in [0.05, 0.1) is 16.8 Å². The smallest absolute Gasteiger partial charge is 0.271 e. The monoisotopic (exact) mass is 381 g/mol. The molecule has 1 aromatic heterocycles. The van der Waals surface area contributed by atoms with Gasteiger partial charge >= 0.3 is 0 Å². The molecule has 2 amide bonds. The zero-order valence-corrected chi connectivity index (χ0v) is 15.2. The van der Waals surface area contributed by atoms with Crippen molar-refractivity contribution in [3.05, 3.63) is 88.3 Å². The number of carbonyl (C=O) groups excluding carboxylic acids is 2. The van der Waals surface area contributed by atoms with E-state index in [9.17, 15) is 9.59 Å². The minimum atomic E-state index is -0.414. The average molecular weight is 382 g/mol. The lowest BCUT2D eigenvalue weighted by Crippen LogP contribution is -2.18. The van der Waals surface area contributed by atoms with Crippen molar-refractivity contribution in [1.29, 1.82) is 0 Å². The topological polar surface area (TPSA) is 83.7 Å². The molecule has 0 aliphatic rings. The quantitative estimate of drug-likeness (QED) is 0.511. The number of benzene rings is 2. The number of hydrogen-bond donors (Lipinski definition) is 2. The maximum atomic E-state index is 12.3. The highest BCUT2D eigenvalue weighted by Gasteiger charge is 2.11. The van der Waals surface area contributed by atoms with E-state index in [1.54, 1.807) is 60.7 Å². The van der Waals surface area contributed by atoms with Crippen LogP contribution in [0.1, 0.15) is 32.2 Å². The first kappa shape index (κ1) is 18.4. The summed E-state index contributed by atoms with van der Waals surface area (Å²) < 4.78 is 5.33. The lowest BCUT2D eigenvalue weighted by Gasteiger charge is -2.08. The number of halogens is 1. The molecule has 3 aromatic rings. The van der Waals surface area contributed by atoms with Gasteiger partial charge in [-0.3, -0.25) is 9.59 Å². The van der Waals surface area contributed by atoms with Crippen LogP contribution in [0, 0.1) is 6.92 Å². The summed E-state index contributed by atoms with van der Waals surface area (Å²) in [5, 5.41) is 6.93. The van der Waals surface area contributed by atoms with Crippen molar-refractivity contribution in [3.63, 3.8) is 0 Å². The van der Waals surface area contributed by atoms with Crippen molar-refractivity contribution in [2.45, 2.75) is 6.92 Å². The third kappa shape index (κ3) is 4.83. The molecule has 2 aromatic carbocycles. The van der Waals surface area contributed by atoms with Crippen LogP contribution in [0.4, 0.5) is 5.69 Å². The number of carbonyl (C=O) groups is 2. The van der Waals surface area contributed by atoms with Gasteiger partial charge in [-0.05, 0) is 49.4 Å². The molecule has 2 N–H and O–H groups in total. The van der Waals surface area contributed by atoms with Gasteiger partial charge in [-0.25, -0.2) is 5.43 Å². The normalized spacial score (nSPS) is 10.7. The Bertz CT molecular complexity index is 1010. The highest BCUT2D eigenvalue weighted by Crippen LogP contribution is 2.18. The highest BCUT2D eigenvalue weighted by atomic mass is 35.5. The van der Waals surface area contributed by atoms with Crippen molar-refractivity contribution in [2.24, 2.45) is 5.10 Å². The van der Waals surface area contributed by atoms with Crippen LogP contribution in [0.5, 0.6) is 0 Å². The number of furan rings is 1. The van der Waals surface area contributed by atoms with E-state index in [1.165, 1.54) is 6.21 Å². The molecule has 27 heavy (non-hydrogen) atoms. The number of nitrogens with zero attached hydrogens (tertiary/aromatic N) is 1. The molecular weight excluding hydrogens is 366 g/mol. The van der Waals surface area contributed by atoms with Gasteiger partial charge in [0.1, 0.15) is 11.5 Å². The van der Waals surface area contributed by atoms with Crippen molar-refractivity contribution in [1.82, 2.24) is 5.43 Å². The summed E-state index contributed by atoms with van der Waals surface area (Å²) in [4.78, 5) is 24.5. The van der Waals surface area contributed by atoms with Gasteiger partial charge in [0.2, 0.25) is 0 Å². The zero-order valence-electron chi connectivity index (χ0n) is 14.4. The van der Waals surface area contributed by atoms with Gasteiger partial charge in [0, 0.05) is 11.3 Å². The largest absolute Gasteiger partial charge is 0.460 e. The summed E-state index contributed by atoms with van der Waals surface area (Å²) in [6.45, 7) is 1.82. The Morgan fingerprint density at radius 1 is 1.04 bits per heavy atom. The Kier molecular flexibility index (Phi) is 5.68. The molecule has 7 heteroatoms. The van der Waals surface area contributed by atoms with Crippen molar-refractivity contribution in [2.75, 3.05) is 5.32 Å². The van der Waals surface area contributed by atoms with Gasteiger partial charge in [-0.1, -0.05) is 29.8 Å². The van der Waals surface area contributed by atoms with Crippen LogP contribution < -0.4 is 10.7 Å². The van der Waals surface area contributed by atoms with Gasteiger partial charge in [0.15, 0.2) is 0 Å².